The molecule has 0 fully saturated rings. The van der Waals surface area contributed by atoms with Crippen LogP contribution in [0.3, 0.4) is 0 Å². The predicted octanol–water partition coefficient (Wildman–Crippen LogP) is 3.96. The van der Waals surface area contributed by atoms with Gasteiger partial charge in [-0.05, 0) is 41.7 Å². The molecule has 0 radical (unpaired) electrons. The number of aromatic nitrogens is 3. The molecule has 0 amide bonds. The molecule has 3 rings (SSSR count). The van der Waals surface area contributed by atoms with Gasteiger partial charge in [-0.15, -0.1) is 24.0 Å². The van der Waals surface area contributed by atoms with Crippen LogP contribution in [0.1, 0.15) is 30.4 Å². The maximum atomic E-state index is 5.22. The summed E-state index contributed by atoms with van der Waals surface area (Å²) in [6.07, 6.45) is 2.52. The van der Waals surface area contributed by atoms with Crippen LogP contribution in [-0.2, 0) is 6.54 Å². The van der Waals surface area contributed by atoms with Crippen molar-refractivity contribution in [2.45, 2.75) is 25.8 Å². The Morgan fingerprint density at radius 1 is 1.17 bits per heavy atom. The summed E-state index contributed by atoms with van der Waals surface area (Å²) in [6, 6.07) is 16.5. The third-order valence-corrected chi connectivity index (χ3v) is 4.85. The van der Waals surface area contributed by atoms with E-state index in [1.165, 1.54) is 11.9 Å². The second-order valence-electron chi connectivity index (χ2n) is 6.85. The maximum absolute atomic E-state index is 5.22. The van der Waals surface area contributed by atoms with Crippen molar-refractivity contribution in [1.82, 2.24) is 25.8 Å². The van der Waals surface area contributed by atoms with Crippen LogP contribution in [0.4, 0.5) is 0 Å². The highest BCUT2D eigenvalue weighted by atomic mass is 127. The van der Waals surface area contributed by atoms with Gasteiger partial charge in [-0.3, -0.25) is 10.1 Å². The van der Waals surface area contributed by atoms with Gasteiger partial charge in [0.25, 0.3) is 0 Å². The first-order chi connectivity index (χ1) is 14.2. The van der Waals surface area contributed by atoms with Gasteiger partial charge in [0.2, 0.25) is 0 Å². The molecular weight excluding hydrogens is 491 g/mol. The molecule has 160 valence electrons. The molecule has 8 heteroatoms. The van der Waals surface area contributed by atoms with Gasteiger partial charge in [0.15, 0.2) is 11.8 Å². The van der Waals surface area contributed by atoms with E-state index < -0.39 is 0 Å². The molecular formula is C22H29IN6O. The van der Waals surface area contributed by atoms with Crippen LogP contribution < -0.4 is 15.4 Å². The number of H-pyrrole nitrogens is 1. The molecule has 0 bridgehead atoms. The van der Waals surface area contributed by atoms with E-state index in [0.29, 0.717) is 12.5 Å². The Morgan fingerprint density at radius 2 is 1.97 bits per heavy atom. The molecule has 1 unspecified atom stereocenters. The molecule has 7 nitrogen and oxygen atoms in total. The molecule has 0 aliphatic heterocycles. The molecule has 1 heterocycles. The number of nitrogens with one attached hydrogen (secondary N) is 3. The molecule has 3 N–H and O–H groups in total. The SMILES string of the molecule is CN=C(NCCC(C)c1ccc(OC)cc1)NCc1cccc(-c2ncn[nH]2)c1.I. The molecule has 0 aliphatic carbocycles. The fourth-order valence-corrected chi connectivity index (χ4v) is 3.09. The molecule has 0 aliphatic rings. The van der Waals surface area contributed by atoms with E-state index in [1.54, 1.807) is 14.2 Å². The lowest BCUT2D eigenvalue weighted by Crippen LogP contribution is -2.37. The van der Waals surface area contributed by atoms with Gasteiger partial charge in [0, 0.05) is 25.7 Å². The third-order valence-electron chi connectivity index (χ3n) is 4.85. The van der Waals surface area contributed by atoms with Gasteiger partial charge in [-0.2, -0.15) is 5.10 Å². The average molecular weight is 520 g/mol. The monoisotopic (exact) mass is 520 g/mol. The molecule has 0 spiro atoms. The van der Waals surface area contributed by atoms with Gasteiger partial charge in [-0.25, -0.2) is 4.98 Å². The highest BCUT2D eigenvalue weighted by Crippen LogP contribution is 2.21. The van der Waals surface area contributed by atoms with Crippen molar-refractivity contribution in [3.63, 3.8) is 0 Å². The third kappa shape index (κ3) is 6.72. The summed E-state index contributed by atoms with van der Waals surface area (Å²) in [6.45, 7) is 3.75. The molecule has 1 atom stereocenters. The second kappa shape index (κ2) is 12.2. The van der Waals surface area contributed by atoms with Gasteiger partial charge in [0.1, 0.15) is 12.1 Å². The van der Waals surface area contributed by atoms with Crippen LogP contribution in [0.2, 0.25) is 0 Å². The van der Waals surface area contributed by atoms with Crippen LogP contribution in [0.5, 0.6) is 5.75 Å². The number of halogens is 1. The number of guanidine groups is 1. The van der Waals surface area contributed by atoms with E-state index >= 15 is 0 Å². The number of hydrogen-bond acceptors (Lipinski definition) is 4. The van der Waals surface area contributed by atoms with Gasteiger partial charge in [-0.1, -0.05) is 37.3 Å². The normalized spacial score (nSPS) is 12.0. The first-order valence-corrected chi connectivity index (χ1v) is 9.72. The summed E-state index contributed by atoms with van der Waals surface area (Å²) in [5.41, 5.74) is 3.46. The summed E-state index contributed by atoms with van der Waals surface area (Å²) in [5, 5.41) is 13.6. The Bertz CT molecular complexity index is 912. The van der Waals surface area contributed by atoms with Gasteiger partial charge < -0.3 is 15.4 Å². The Kier molecular flexibility index (Phi) is 9.59. The minimum Gasteiger partial charge on any atom is -0.497 e. The van der Waals surface area contributed by atoms with E-state index in [9.17, 15) is 0 Å². The number of rotatable bonds is 8. The van der Waals surface area contributed by atoms with E-state index in [0.717, 1.165) is 41.6 Å². The number of methoxy groups -OCH3 is 1. The highest BCUT2D eigenvalue weighted by molar-refractivity contribution is 14.0. The quantitative estimate of drug-likeness (QED) is 0.238. The topological polar surface area (TPSA) is 87.2 Å². The average Bonchev–Trinajstić information content (AvgIpc) is 3.31. The standard InChI is InChI=1S/C22H28N6O.HI/c1-16(18-7-9-20(29-3)10-8-18)11-12-24-22(23-2)25-14-17-5-4-6-19(13-17)21-26-15-27-28-21;/h4-10,13,15-16H,11-12,14H2,1-3H3,(H2,23,24,25)(H,26,27,28);1H. The predicted molar refractivity (Wildman–Crippen MR) is 131 cm³/mol. The summed E-state index contributed by atoms with van der Waals surface area (Å²) in [7, 11) is 3.47. The van der Waals surface area contributed by atoms with Crippen LogP contribution >= 0.6 is 24.0 Å². The largest absolute Gasteiger partial charge is 0.497 e. The van der Waals surface area contributed by atoms with Crippen molar-refractivity contribution in [1.29, 1.82) is 0 Å². The summed E-state index contributed by atoms with van der Waals surface area (Å²) < 4.78 is 5.22. The minimum atomic E-state index is 0. The van der Waals surface area contributed by atoms with Crippen molar-refractivity contribution in [2.24, 2.45) is 4.99 Å². The zero-order valence-corrected chi connectivity index (χ0v) is 19.9. The van der Waals surface area contributed by atoms with Crippen LogP contribution in [0.15, 0.2) is 59.9 Å². The number of nitrogens with zero attached hydrogens (tertiary/aromatic N) is 3. The van der Waals surface area contributed by atoms with E-state index in [2.05, 4.69) is 62.0 Å². The van der Waals surface area contributed by atoms with Crippen molar-refractivity contribution in [2.75, 3.05) is 20.7 Å². The number of aliphatic imine (C=N–C) groups is 1. The Labute approximate surface area is 194 Å². The highest BCUT2D eigenvalue weighted by Gasteiger charge is 2.07. The lowest BCUT2D eigenvalue weighted by molar-refractivity contribution is 0.414. The summed E-state index contributed by atoms with van der Waals surface area (Å²) in [4.78, 5) is 8.52. The Hall–Kier alpha value is -2.62. The maximum Gasteiger partial charge on any atom is 0.191 e. The number of aromatic amines is 1. The lowest BCUT2D eigenvalue weighted by Gasteiger charge is -2.16. The summed E-state index contributed by atoms with van der Waals surface area (Å²) >= 11 is 0. The smallest absolute Gasteiger partial charge is 0.191 e. The van der Waals surface area contributed by atoms with Gasteiger partial charge >= 0.3 is 0 Å². The Balaban J connectivity index is 0.00000320. The first-order valence-electron chi connectivity index (χ1n) is 9.72. The molecule has 0 saturated carbocycles. The fraction of sp³-hybridized carbons (Fsp3) is 0.318. The minimum absolute atomic E-state index is 0. The molecule has 3 aromatic rings. The van der Waals surface area contributed by atoms with Crippen LogP contribution in [0.25, 0.3) is 11.4 Å². The number of ether oxygens (including phenoxy) is 1. The van der Waals surface area contributed by atoms with Crippen molar-refractivity contribution >= 4 is 29.9 Å². The number of hydrogen-bond donors (Lipinski definition) is 3. The van der Waals surface area contributed by atoms with Crippen molar-refractivity contribution < 1.29 is 4.74 Å². The Morgan fingerprint density at radius 3 is 2.63 bits per heavy atom. The van der Waals surface area contributed by atoms with Crippen molar-refractivity contribution in [3.05, 3.63) is 66.0 Å². The zero-order valence-electron chi connectivity index (χ0n) is 17.6. The van der Waals surface area contributed by atoms with Crippen molar-refractivity contribution in [3.8, 4) is 17.1 Å². The van der Waals surface area contributed by atoms with Gasteiger partial charge in [0.05, 0.1) is 7.11 Å². The molecule has 0 saturated heterocycles. The second-order valence-corrected chi connectivity index (χ2v) is 6.85. The molecule has 30 heavy (non-hydrogen) atoms. The lowest BCUT2D eigenvalue weighted by atomic mass is 9.98. The first kappa shape index (κ1) is 23.7. The summed E-state index contributed by atoms with van der Waals surface area (Å²) in [5.74, 6) is 2.89. The van der Waals surface area contributed by atoms with E-state index in [-0.39, 0.29) is 24.0 Å². The van der Waals surface area contributed by atoms with E-state index in [4.69, 9.17) is 4.74 Å². The van der Waals surface area contributed by atoms with Crippen LogP contribution in [0, 0.1) is 0 Å². The molecule has 1 aromatic heterocycles. The van der Waals surface area contributed by atoms with E-state index in [1.807, 2.05) is 24.3 Å². The fourth-order valence-electron chi connectivity index (χ4n) is 3.09. The molecule has 2 aromatic carbocycles. The van der Waals surface area contributed by atoms with Crippen LogP contribution in [-0.4, -0.2) is 41.8 Å². The number of benzene rings is 2. The zero-order chi connectivity index (χ0) is 20.5.